The predicted molar refractivity (Wildman–Crippen MR) is 168 cm³/mol. The number of carbonyl (C=O) groups is 1. The number of allylic oxidation sites excluding steroid dienone is 11. The summed E-state index contributed by atoms with van der Waals surface area (Å²) in [6, 6.07) is 1.31. The Hall–Kier alpha value is -3.80. The van der Waals surface area contributed by atoms with Crippen molar-refractivity contribution in [3.05, 3.63) is 106 Å². The molecule has 2 heterocycles. The second kappa shape index (κ2) is 18.1. The Labute approximate surface area is 257 Å². The Morgan fingerprint density at radius 3 is 2.23 bits per heavy atom. The summed E-state index contributed by atoms with van der Waals surface area (Å²) in [7, 11) is 0. The van der Waals surface area contributed by atoms with Crippen LogP contribution >= 0.6 is 0 Å². The molecular formula is C34H44O10. The lowest BCUT2D eigenvalue weighted by atomic mass is 9.92. The minimum atomic E-state index is -1.73. The SMILES string of the molecule is CCC(C)CC(C)C=C(C=C(C)C=CC=CC=CC=CC=Cc1cc2c(c(=O)o1)C(O)C(O)C(C(O)C(O)CO)O2)C(=O)O. The quantitative estimate of drug-likeness (QED) is 0.126. The first-order valence-electron chi connectivity index (χ1n) is 14.5. The van der Waals surface area contributed by atoms with Crippen molar-refractivity contribution >= 4 is 12.0 Å². The molecule has 10 nitrogen and oxygen atoms in total. The predicted octanol–water partition coefficient (Wildman–Crippen LogP) is 3.78. The molecule has 1 aliphatic heterocycles. The van der Waals surface area contributed by atoms with Gasteiger partial charge in [0, 0.05) is 6.07 Å². The van der Waals surface area contributed by atoms with E-state index < -0.39 is 48.7 Å². The molecule has 0 aliphatic carbocycles. The molecule has 0 bridgehead atoms. The molecule has 0 spiro atoms. The van der Waals surface area contributed by atoms with Crippen LogP contribution in [-0.2, 0) is 4.79 Å². The molecule has 0 saturated carbocycles. The van der Waals surface area contributed by atoms with Gasteiger partial charge in [-0.15, -0.1) is 0 Å². The minimum absolute atomic E-state index is 0.0845. The standard InChI is InChI=1S/C34H44O10/c1-5-21(2)16-23(4)18-24(33(40)41)17-22(3)14-12-10-8-6-7-9-11-13-15-25-19-27-28(34(42)43-25)30(38)31(39)32(44-27)29(37)26(36)20-35/h6-15,17-19,21,23,26,29-32,35-39H,5,16,20H2,1-4H3,(H,40,41). The van der Waals surface area contributed by atoms with Gasteiger partial charge in [0.25, 0.3) is 0 Å². The van der Waals surface area contributed by atoms with E-state index in [1.165, 1.54) is 12.1 Å². The molecule has 0 fully saturated rings. The summed E-state index contributed by atoms with van der Waals surface area (Å²) in [4.78, 5) is 24.1. The minimum Gasteiger partial charge on any atom is -0.484 e. The molecule has 6 N–H and O–H groups in total. The van der Waals surface area contributed by atoms with Crippen molar-refractivity contribution in [2.24, 2.45) is 11.8 Å². The van der Waals surface area contributed by atoms with Gasteiger partial charge in [-0.25, -0.2) is 9.59 Å². The summed E-state index contributed by atoms with van der Waals surface area (Å²) in [6.45, 7) is 7.37. The molecule has 0 aromatic carbocycles. The molecule has 0 radical (unpaired) electrons. The van der Waals surface area contributed by atoms with E-state index in [1.807, 2.05) is 38.2 Å². The topological polar surface area (TPSA) is 178 Å². The molecular weight excluding hydrogens is 568 g/mol. The summed E-state index contributed by atoms with van der Waals surface area (Å²) < 4.78 is 10.7. The number of hydrogen-bond donors (Lipinski definition) is 6. The van der Waals surface area contributed by atoms with Gasteiger partial charge in [0.2, 0.25) is 0 Å². The van der Waals surface area contributed by atoms with Crippen molar-refractivity contribution in [3.8, 4) is 5.75 Å². The van der Waals surface area contributed by atoms with Crippen molar-refractivity contribution in [3.63, 3.8) is 0 Å². The van der Waals surface area contributed by atoms with Crippen molar-refractivity contribution < 1.29 is 44.6 Å². The fourth-order valence-electron chi connectivity index (χ4n) is 4.50. The lowest BCUT2D eigenvalue weighted by Gasteiger charge is -2.36. The van der Waals surface area contributed by atoms with Gasteiger partial charge in [-0.05, 0) is 37.3 Å². The summed E-state index contributed by atoms with van der Waals surface area (Å²) >= 11 is 0. The van der Waals surface area contributed by atoms with E-state index in [0.29, 0.717) is 5.92 Å². The first-order valence-corrected chi connectivity index (χ1v) is 14.5. The molecule has 7 atom stereocenters. The van der Waals surface area contributed by atoms with Crippen LogP contribution in [0.4, 0.5) is 0 Å². The van der Waals surface area contributed by atoms with Gasteiger partial charge < -0.3 is 39.8 Å². The fourth-order valence-corrected chi connectivity index (χ4v) is 4.50. The summed E-state index contributed by atoms with van der Waals surface area (Å²) in [5, 5.41) is 59.1. The molecule has 7 unspecified atom stereocenters. The highest BCUT2D eigenvalue weighted by atomic mass is 16.5. The van der Waals surface area contributed by atoms with Crippen molar-refractivity contribution in [2.45, 2.75) is 71.1 Å². The number of aliphatic hydroxyl groups excluding tert-OH is 5. The second-order valence-corrected chi connectivity index (χ2v) is 10.9. The van der Waals surface area contributed by atoms with E-state index >= 15 is 0 Å². The van der Waals surface area contributed by atoms with Crippen LogP contribution in [-0.4, -0.2) is 67.6 Å². The lowest BCUT2D eigenvalue weighted by molar-refractivity contribution is -0.143. The first-order chi connectivity index (χ1) is 20.9. The summed E-state index contributed by atoms with van der Waals surface area (Å²) in [5.41, 5.74) is -0.146. The third kappa shape index (κ3) is 11.0. The lowest BCUT2D eigenvalue weighted by Crippen LogP contribution is -2.53. The zero-order valence-electron chi connectivity index (χ0n) is 25.5. The number of ether oxygens (including phenoxy) is 1. The zero-order chi connectivity index (χ0) is 32.8. The van der Waals surface area contributed by atoms with Crippen LogP contribution < -0.4 is 10.4 Å². The summed E-state index contributed by atoms with van der Waals surface area (Å²) in [6.07, 6.45) is 14.5. The molecule has 1 aromatic rings. The number of aliphatic carboxylic acids is 1. The van der Waals surface area contributed by atoms with E-state index in [4.69, 9.17) is 14.3 Å². The molecule has 240 valence electrons. The number of fused-ring (bicyclic) bond motifs is 1. The van der Waals surface area contributed by atoms with Crippen LogP contribution in [0.5, 0.6) is 5.75 Å². The molecule has 0 saturated heterocycles. The van der Waals surface area contributed by atoms with Crippen molar-refractivity contribution in [2.75, 3.05) is 6.61 Å². The van der Waals surface area contributed by atoms with Crippen LogP contribution in [0.15, 0.2) is 93.3 Å². The van der Waals surface area contributed by atoms with Crippen LogP contribution in [0.3, 0.4) is 0 Å². The molecule has 2 rings (SSSR count). The zero-order valence-corrected chi connectivity index (χ0v) is 25.5. The number of carboxylic acid groups (broad SMARTS) is 1. The van der Waals surface area contributed by atoms with Crippen molar-refractivity contribution in [1.29, 1.82) is 0 Å². The Morgan fingerprint density at radius 2 is 1.64 bits per heavy atom. The fraction of sp³-hybridized carbons (Fsp3) is 0.412. The van der Waals surface area contributed by atoms with Crippen LogP contribution in [0, 0.1) is 11.8 Å². The van der Waals surface area contributed by atoms with Gasteiger partial charge in [-0.3, -0.25) is 0 Å². The maximum atomic E-state index is 12.4. The number of hydrogen-bond acceptors (Lipinski definition) is 9. The average molecular weight is 613 g/mol. The van der Waals surface area contributed by atoms with Gasteiger partial charge in [-0.2, -0.15) is 0 Å². The highest BCUT2D eigenvalue weighted by Gasteiger charge is 2.44. The van der Waals surface area contributed by atoms with Crippen LogP contribution in [0.25, 0.3) is 6.08 Å². The molecule has 44 heavy (non-hydrogen) atoms. The van der Waals surface area contributed by atoms with Gasteiger partial charge >= 0.3 is 11.6 Å². The third-order valence-corrected chi connectivity index (χ3v) is 7.07. The van der Waals surface area contributed by atoms with E-state index in [9.17, 15) is 35.1 Å². The van der Waals surface area contributed by atoms with Crippen molar-refractivity contribution in [1.82, 2.24) is 0 Å². The molecule has 1 aliphatic rings. The molecule has 10 heteroatoms. The molecule has 1 aromatic heterocycles. The van der Waals surface area contributed by atoms with E-state index in [1.54, 1.807) is 42.5 Å². The third-order valence-electron chi connectivity index (χ3n) is 7.07. The van der Waals surface area contributed by atoms with Gasteiger partial charge in [0.1, 0.15) is 41.5 Å². The first kappa shape index (κ1) is 36.4. The Kier molecular flexibility index (Phi) is 15.0. The van der Waals surface area contributed by atoms with Crippen LogP contribution in [0.2, 0.25) is 0 Å². The average Bonchev–Trinajstić information content (AvgIpc) is 2.98. The maximum Gasteiger partial charge on any atom is 0.345 e. The van der Waals surface area contributed by atoms with Gasteiger partial charge in [0.05, 0.1) is 12.2 Å². The number of aliphatic hydroxyl groups is 5. The van der Waals surface area contributed by atoms with E-state index in [0.717, 1.165) is 18.4 Å². The Balaban J connectivity index is 1.98. The smallest absolute Gasteiger partial charge is 0.345 e. The normalized spacial score (nSPS) is 22.6. The monoisotopic (exact) mass is 612 g/mol. The number of rotatable bonds is 15. The Morgan fingerprint density at radius 1 is 1.02 bits per heavy atom. The summed E-state index contributed by atoms with van der Waals surface area (Å²) in [5.74, 6) is -0.270. The molecule has 0 amide bonds. The van der Waals surface area contributed by atoms with E-state index in [2.05, 4.69) is 13.8 Å². The maximum absolute atomic E-state index is 12.4. The number of carboxylic acids is 1. The highest BCUT2D eigenvalue weighted by molar-refractivity contribution is 5.90. The largest absolute Gasteiger partial charge is 0.484 e. The van der Waals surface area contributed by atoms with Gasteiger partial charge in [-0.1, -0.05) is 93.5 Å². The highest BCUT2D eigenvalue weighted by Crippen LogP contribution is 2.35. The second-order valence-electron chi connectivity index (χ2n) is 10.9. The Bertz CT molecular complexity index is 1360. The van der Waals surface area contributed by atoms with Gasteiger partial charge in [0.15, 0.2) is 6.10 Å². The van der Waals surface area contributed by atoms with E-state index in [-0.39, 0.29) is 28.6 Å². The van der Waals surface area contributed by atoms with Crippen LogP contribution in [0.1, 0.15) is 58.0 Å².